The maximum atomic E-state index is 9.79. The molecule has 18 nitrogen and oxygen atoms in total. The van der Waals surface area contributed by atoms with E-state index in [-0.39, 0.29) is 5.75 Å². The van der Waals surface area contributed by atoms with Crippen LogP contribution in [0.3, 0.4) is 0 Å². The molecule has 19 aromatic rings. The number of benzene rings is 4. The Hall–Kier alpha value is -11.2. The van der Waals surface area contributed by atoms with E-state index < -0.39 is 0 Å². The van der Waals surface area contributed by atoms with Crippen molar-refractivity contribution in [2.45, 2.75) is 20.8 Å². The van der Waals surface area contributed by atoms with Crippen LogP contribution in [0.15, 0.2) is 268 Å². The number of aromatic hydroxyl groups is 1. The third-order valence-corrected chi connectivity index (χ3v) is 18.9. The summed E-state index contributed by atoms with van der Waals surface area (Å²) in [6, 6.07) is 65.7. The van der Waals surface area contributed by atoms with Crippen molar-refractivity contribution in [3.63, 3.8) is 0 Å². The van der Waals surface area contributed by atoms with Gasteiger partial charge in [0.2, 0.25) is 5.88 Å². The van der Waals surface area contributed by atoms with E-state index in [0.29, 0.717) is 11.6 Å². The van der Waals surface area contributed by atoms with Gasteiger partial charge in [-0.25, -0.2) is 34.0 Å². The van der Waals surface area contributed by atoms with Crippen LogP contribution in [-0.4, -0.2) is 83.5 Å². The van der Waals surface area contributed by atoms with Crippen LogP contribution in [0.1, 0.15) is 17.1 Å². The van der Waals surface area contributed by atoms with Crippen LogP contribution >= 0.6 is 63.7 Å². The third kappa shape index (κ3) is 12.4. The molecule has 0 saturated carbocycles. The summed E-state index contributed by atoms with van der Waals surface area (Å²) in [5.41, 5.74) is 14.5. The molecule has 0 saturated heterocycles. The van der Waals surface area contributed by atoms with E-state index in [9.17, 15) is 5.11 Å². The highest BCUT2D eigenvalue weighted by Gasteiger charge is 2.18. The topological polar surface area (TPSA) is 206 Å². The summed E-state index contributed by atoms with van der Waals surface area (Å²) in [7, 11) is 0. The molecule has 15 heterocycles. The molecule has 476 valence electrons. The number of aromatic amines is 1. The minimum absolute atomic E-state index is 0.262. The second-order valence-electron chi connectivity index (χ2n) is 22.7. The Morgan fingerprint density at radius 1 is 0.388 bits per heavy atom. The number of fused-ring (bicyclic) bond motifs is 18. The fourth-order valence-electron chi connectivity index (χ4n) is 12.0. The van der Waals surface area contributed by atoms with Crippen molar-refractivity contribution in [3.05, 3.63) is 285 Å². The van der Waals surface area contributed by atoms with Gasteiger partial charge >= 0.3 is 0 Å². The number of aryl methyl sites for hydroxylation is 3. The standard InChI is InChI=1S/C31H20N6O.C17H12N2O.C14H9BrN4.C9H8BrN3.C5H3Br2N/c1-19-16-27-31-24(23-13-15-32-18-28(23)37(27)35-19)11-12-30(34-31)38-20-9-10-22-21-6-2-3-7-25(21)36(26(22)17-20)29-8-4-5-14-33-29;20-12-8-9-14-13-5-1-2-6-15(13)19(16(14)11-12)17-7-3-4-10-18-17;1-8-6-11-14-10(2-3-13(15)17-14)9-4-5-16-7-12(9)19(11)18-8;1-6-5-8(13-12-6)7-3-2-4-9(10)11-7;6-4-1-2-8-3-5(4)7/h2-18H,1H3;1-11,20H;2-7H,1H3;2-5H,1H3,(H,12,13);1-3H. The van der Waals surface area contributed by atoms with Crippen molar-refractivity contribution in [1.29, 1.82) is 0 Å². The van der Waals surface area contributed by atoms with E-state index in [1.807, 2.05) is 176 Å². The molecule has 0 atom stereocenters. The van der Waals surface area contributed by atoms with Crippen molar-refractivity contribution >= 4 is 162 Å². The van der Waals surface area contributed by atoms with E-state index >= 15 is 0 Å². The molecule has 0 bridgehead atoms. The monoisotopic (exact) mass is 1540 g/mol. The molecule has 0 amide bonds. The van der Waals surface area contributed by atoms with Gasteiger partial charge < -0.3 is 9.84 Å². The van der Waals surface area contributed by atoms with Crippen LogP contribution in [0.4, 0.5) is 0 Å². The zero-order chi connectivity index (χ0) is 67.0. The van der Waals surface area contributed by atoms with Gasteiger partial charge in [-0.15, -0.1) is 0 Å². The lowest BCUT2D eigenvalue weighted by Gasteiger charge is -2.10. The van der Waals surface area contributed by atoms with Gasteiger partial charge in [0.15, 0.2) is 0 Å². The molecule has 19 rings (SSSR count). The summed E-state index contributed by atoms with van der Waals surface area (Å²) >= 11 is 13.3. The van der Waals surface area contributed by atoms with Gasteiger partial charge in [0, 0.05) is 109 Å². The van der Waals surface area contributed by atoms with Gasteiger partial charge in [-0.3, -0.25) is 29.2 Å². The minimum Gasteiger partial charge on any atom is -0.508 e. The number of halogens is 4. The number of hydrogen-bond acceptors (Lipinski definition) is 13. The number of ether oxygens (including phenoxy) is 1. The van der Waals surface area contributed by atoms with Crippen LogP contribution in [0.2, 0.25) is 0 Å². The second-order valence-corrected chi connectivity index (χ2v) is 26.0. The van der Waals surface area contributed by atoms with Crippen LogP contribution in [0, 0.1) is 20.8 Å². The molecular weight excluding hydrogens is 1490 g/mol. The normalized spacial score (nSPS) is 11.3. The zero-order valence-corrected chi connectivity index (χ0v) is 58.6. The molecule has 0 aliphatic heterocycles. The lowest BCUT2D eigenvalue weighted by Crippen LogP contribution is -1.97. The predicted molar refractivity (Wildman–Crippen MR) is 402 cm³/mol. The largest absolute Gasteiger partial charge is 0.508 e. The quantitative estimate of drug-likeness (QED) is 0.122. The van der Waals surface area contributed by atoms with Gasteiger partial charge in [0.05, 0.1) is 83.6 Å². The van der Waals surface area contributed by atoms with Crippen LogP contribution in [0.5, 0.6) is 17.4 Å². The fraction of sp³-hybridized carbons (Fsp3) is 0.0395. The highest BCUT2D eigenvalue weighted by Crippen LogP contribution is 2.38. The van der Waals surface area contributed by atoms with Crippen LogP contribution < -0.4 is 4.74 Å². The molecule has 2 N–H and O–H groups in total. The summed E-state index contributed by atoms with van der Waals surface area (Å²) in [6.45, 7) is 5.94. The second kappa shape index (κ2) is 27.1. The Morgan fingerprint density at radius 2 is 0.918 bits per heavy atom. The Morgan fingerprint density at radius 3 is 1.49 bits per heavy atom. The third-order valence-electron chi connectivity index (χ3n) is 16.2. The lowest BCUT2D eigenvalue weighted by atomic mass is 10.1. The molecule has 0 aliphatic carbocycles. The Balaban J connectivity index is 0.000000110. The number of aromatic nitrogens is 16. The predicted octanol–water partition coefficient (Wildman–Crippen LogP) is 19.6. The number of H-pyrrole nitrogens is 1. The van der Waals surface area contributed by atoms with E-state index in [4.69, 9.17) is 9.72 Å². The van der Waals surface area contributed by atoms with Gasteiger partial charge in [0.25, 0.3) is 0 Å². The van der Waals surface area contributed by atoms with Gasteiger partial charge in [-0.2, -0.15) is 15.3 Å². The van der Waals surface area contributed by atoms with Crippen LogP contribution in [0.25, 0.3) is 121 Å². The SMILES string of the molecule is Brc1ccncc1Br.Cc1cc(-c2cccc(Br)n2)n[nH]1.Cc1cc2c3nc(Br)ccc3c3ccncc3n2n1.Cc1cc2c3nc(Oc4ccc5c6ccccc6n(-c6ccccn6)c5c4)ccc3c3ccncc3n2n1.Oc1ccc2c3ccccc3n(-c3ccccn3)c2c1. The number of phenols is 1. The van der Waals surface area contributed by atoms with Crippen molar-refractivity contribution in [1.82, 2.24) is 78.4 Å². The smallest absolute Gasteiger partial charge is 0.219 e. The van der Waals surface area contributed by atoms with E-state index in [1.54, 1.807) is 43.1 Å². The number of para-hydroxylation sites is 2. The first-order valence-corrected chi connectivity index (χ1v) is 33.9. The molecule has 22 heteroatoms. The Bertz CT molecular complexity index is 6180. The summed E-state index contributed by atoms with van der Waals surface area (Å²) in [4.78, 5) is 35.3. The first-order chi connectivity index (χ1) is 47.9. The van der Waals surface area contributed by atoms with Crippen molar-refractivity contribution in [2.24, 2.45) is 0 Å². The Labute approximate surface area is 591 Å². The Kier molecular flexibility index (Phi) is 17.4. The van der Waals surface area contributed by atoms with E-state index in [2.05, 4.69) is 189 Å². The van der Waals surface area contributed by atoms with E-state index in [1.165, 1.54) is 5.39 Å². The maximum Gasteiger partial charge on any atom is 0.219 e. The van der Waals surface area contributed by atoms with Crippen molar-refractivity contribution in [3.8, 4) is 40.4 Å². The number of rotatable bonds is 5. The van der Waals surface area contributed by atoms with Crippen molar-refractivity contribution in [2.75, 3.05) is 0 Å². The molecule has 4 aromatic carbocycles. The average molecular weight is 1540 g/mol. The average Bonchev–Trinajstić information content (AvgIpc) is 0.938. The summed E-state index contributed by atoms with van der Waals surface area (Å²) < 4.78 is 18.1. The molecule has 0 aliphatic rings. The molecule has 0 spiro atoms. The molecule has 0 unspecified atom stereocenters. The highest BCUT2D eigenvalue weighted by atomic mass is 79.9. The van der Waals surface area contributed by atoms with Gasteiger partial charge in [-0.05, 0) is 212 Å². The van der Waals surface area contributed by atoms with Crippen molar-refractivity contribution < 1.29 is 9.84 Å². The van der Waals surface area contributed by atoms with E-state index in [0.717, 1.165) is 151 Å². The number of nitrogens with one attached hydrogen (secondary N) is 1. The number of hydrogen-bond donors (Lipinski definition) is 2. The lowest BCUT2D eigenvalue weighted by molar-refractivity contribution is 0.466. The first-order valence-electron chi connectivity index (χ1n) is 30.8. The molecule has 0 radical (unpaired) electrons. The number of pyridine rings is 10. The van der Waals surface area contributed by atoms with Crippen LogP contribution in [-0.2, 0) is 0 Å². The minimum atomic E-state index is 0.262. The number of phenolic OH excluding ortho intramolecular Hbond substituents is 1. The summed E-state index contributed by atoms with van der Waals surface area (Å²) in [6.07, 6.45) is 14.3. The maximum absolute atomic E-state index is 9.79. The fourth-order valence-corrected chi connectivity index (χ4v) is 13.2. The highest BCUT2D eigenvalue weighted by molar-refractivity contribution is 9.13. The zero-order valence-electron chi connectivity index (χ0n) is 52.2. The molecule has 0 fully saturated rings. The van der Waals surface area contributed by atoms with Gasteiger partial charge in [-0.1, -0.05) is 54.6 Å². The molecular formula is C76H52Br4N16O2. The summed E-state index contributed by atoms with van der Waals surface area (Å²) in [5, 5.41) is 34.9. The molecule has 98 heavy (non-hydrogen) atoms. The number of nitrogens with zero attached hydrogens (tertiary/aromatic N) is 15. The van der Waals surface area contributed by atoms with Gasteiger partial charge in [0.1, 0.15) is 43.6 Å². The first kappa shape index (κ1) is 62.9. The summed E-state index contributed by atoms with van der Waals surface area (Å²) in [5.74, 6) is 3.20. The molecule has 15 aromatic heterocycles.